The normalized spacial score (nSPS) is 10.9. The minimum absolute atomic E-state index is 0.0226. The lowest BCUT2D eigenvalue weighted by Gasteiger charge is -2.25. The van der Waals surface area contributed by atoms with Gasteiger partial charge in [-0.05, 0) is 44.5 Å². The zero-order chi connectivity index (χ0) is 14.5. The number of hydrogen-bond donors (Lipinski definition) is 3. The predicted molar refractivity (Wildman–Crippen MR) is 74.0 cm³/mol. The Kier molecular flexibility index (Phi) is 5.06. The molecular formula is C14H20N2O3. The molecule has 0 radical (unpaired) electrons. The third-order valence-electron chi connectivity index (χ3n) is 2.66. The highest BCUT2D eigenvalue weighted by atomic mass is 16.3. The number of carbonyl (C=O) groups is 2. The van der Waals surface area contributed by atoms with E-state index in [4.69, 9.17) is 5.11 Å². The molecule has 2 amide bonds. The Morgan fingerprint density at radius 3 is 2.26 bits per heavy atom. The topological polar surface area (TPSA) is 78.4 Å². The maximum absolute atomic E-state index is 12.0. The van der Waals surface area contributed by atoms with Crippen LogP contribution in [0, 0.1) is 0 Å². The van der Waals surface area contributed by atoms with Gasteiger partial charge in [-0.15, -0.1) is 0 Å². The second-order valence-electron chi connectivity index (χ2n) is 5.07. The zero-order valence-corrected chi connectivity index (χ0v) is 11.5. The number of amides is 2. The molecule has 0 bridgehead atoms. The summed E-state index contributed by atoms with van der Waals surface area (Å²) < 4.78 is 0. The number of nitrogens with one attached hydrogen (secondary N) is 2. The van der Waals surface area contributed by atoms with Gasteiger partial charge in [-0.2, -0.15) is 0 Å². The molecule has 0 spiro atoms. The van der Waals surface area contributed by atoms with E-state index in [1.807, 2.05) is 13.8 Å². The third kappa shape index (κ3) is 5.09. The smallest absolute Gasteiger partial charge is 0.251 e. The van der Waals surface area contributed by atoms with Crippen molar-refractivity contribution < 1.29 is 14.7 Å². The van der Waals surface area contributed by atoms with E-state index in [0.717, 1.165) is 0 Å². The average molecular weight is 264 g/mol. The van der Waals surface area contributed by atoms with Crippen LogP contribution in [-0.2, 0) is 4.79 Å². The Bertz CT molecular complexity index is 452. The summed E-state index contributed by atoms with van der Waals surface area (Å²) in [6.07, 6.45) is 0.489. The molecule has 5 nitrogen and oxygen atoms in total. The van der Waals surface area contributed by atoms with Gasteiger partial charge in [-0.1, -0.05) is 0 Å². The summed E-state index contributed by atoms with van der Waals surface area (Å²) in [6, 6.07) is 6.65. The summed E-state index contributed by atoms with van der Waals surface area (Å²) in [4.78, 5) is 22.9. The molecule has 0 saturated heterocycles. The molecule has 0 aliphatic rings. The third-order valence-corrected chi connectivity index (χ3v) is 2.66. The Balaban J connectivity index is 2.70. The van der Waals surface area contributed by atoms with Crippen molar-refractivity contribution in [1.29, 1.82) is 0 Å². The number of hydrogen-bond acceptors (Lipinski definition) is 3. The molecule has 0 aliphatic heterocycles. The van der Waals surface area contributed by atoms with Crippen LogP contribution in [-0.4, -0.2) is 29.1 Å². The SMILES string of the molecule is CC(=O)Nc1ccc(C(=O)NC(C)(C)CCO)cc1. The number of aliphatic hydroxyl groups is 1. The summed E-state index contributed by atoms with van der Waals surface area (Å²) in [5, 5.41) is 14.4. The summed E-state index contributed by atoms with van der Waals surface area (Å²) >= 11 is 0. The van der Waals surface area contributed by atoms with E-state index in [9.17, 15) is 9.59 Å². The predicted octanol–water partition coefficient (Wildman–Crippen LogP) is 1.54. The largest absolute Gasteiger partial charge is 0.396 e. The molecular weight excluding hydrogens is 244 g/mol. The summed E-state index contributed by atoms with van der Waals surface area (Å²) in [6.45, 7) is 5.16. The fourth-order valence-corrected chi connectivity index (χ4v) is 1.63. The van der Waals surface area contributed by atoms with Gasteiger partial charge >= 0.3 is 0 Å². The first-order chi connectivity index (χ1) is 8.84. The Morgan fingerprint density at radius 1 is 1.21 bits per heavy atom. The van der Waals surface area contributed by atoms with E-state index < -0.39 is 5.54 Å². The maximum atomic E-state index is 12.0. The molecule has 1 rings (SSSR count). The van der Waals surface area contributed by atoms with Gasteiger partial charge in [-0.25, -0.2) is 0 Å². The van der Waals surface area contributed by atoms with E-state index in [2.05, 4.69) is 10.6 Å². The van der Waals surface area contributed by atoms with Gasteiger partial charge < -0.3 is 15.7 Å². The molecule has 0 aliphatic carbocycles. The van der Waals surface area contributed by atoms with Crippen molar-refractivity contribution in [2.24, 2.45) is 0 Å². The molecule has 1 aromatic carbocycles. The highest BCUT2D eigenvalue weighted by Crippen LogP contribution is 2.12. The van der Waals surface area contributed by atoms with Crippen LogP contribution in [0.3, 0.4) is 0 Å². The van der Waals surface area contributed by atoms with Gasteiger partial charge in [0.2, 0.25) is 5.91 Å². The first-order valence-corrected chi connectivity index (χ1v) is 6.15. The van der Waals surface area contributed by atoms with Crippen molar-refractivity contribution in [2.45, 2.75) is 32.7 Å². The monoisotopic (exact) mass is 264 g/mol. The Labute approximate surface area is 113 Å². The highest BCUT2D eigenvalue weighted by molar-refractivity contribution is 5.95. The van der Waals surface area contributed by atoms with Crippen molar-refractivity contribution in [1.82, 2.24) is 5.32 Å². The Morgan fingerprint density at radius 2 is 1.79 bits per heavy atom. The quantitative estimate of drug-likeness (QED) is 0.754. The lowest BCUT2D eigenvalue weighted by Crippen LogP contribution is -2.44. The summed E-state index contributed by atoms with van der Waals surface area (Å²) in [7, 11) is 0. The van der Waals surface area contributed by atoms with Crippen molar-refractivity contribution in [3.05, 3.63) is 29.8 Å². The number of anilines is 1. The molecule has 0 fully saturated rings. The fraction of sp³-hybridized carbons (Fsp3) is 0.429. The van der Waals surface area contributed by atoms with E-state index in [1.165, 1.54) is 6.92 Å². The average Bonchev–Trinajstić information content (AvgIpc) is 2.28. The first-order valence-electron chi connectivity index (χ1n) is 6.15. The van der Waals surface area contributed by atoms with E-state index in [-0.39, 0.29) is 18.4 Å². The van der Waals surface area contributed by atoms with Crippen LogP contribution in [0.2, 0.25) is 0 Å². The number of benzene rings is 1. The van der Waals surface area contributed by atoms with E-state index in [1.54, 1.807) is 24.3 Å². The molecule has 0 atom stereocenters. The lowest BCUT2D eigenvalue weighted by molar-refractivity contribution is -0.114. The molecule has 0 saturated carbocycles. The standard InChI is InChI=1S/C14H20N2O3/c1-10(18)15-12-6-4-11(5-7-12)13(19)16-14(2,3)8-9-17/h4-7,17H,8-9H2,1-3H3,(H,15,18)(H,16,19). The van der Waals surface area contributed by atoms with Crippen LogP contribution >= 0.6 is 0 Å². The van der Waals surface area contributed by atoms with Crippen molar-refractivity contribution in [3.8, 4) is 0 Å². The van der Waals surface area contributed by atoms with Crippen LogP contribution in [0.15, 0.2) is 24.3 Å². The van der Waals surface area contributed by atoms with Crippen LogP contribution < -0.4 is 10.6 Å². The van der Waals surface area contributed by atoms with E-state index in [0.29, 0.717) is 17.7 Å². The molecule has 1 aromatic rings. The molecule has 0 unspecified atom stereocenters. The fourth-order valence-electron chi connectivity index (χ4n) is 1.63. The molecule has 3 N–H and O–H groups in total. The van der Waals surface area contributed by atoms with Crippen LogP contribution in [0.4, 0.5) is 5.69 Å². The summed E-state index contributed by atoms with van der Waals surface area (Å²) in [5.74, 6) is -0.353. The van der Waals surface area contributed by atoms with Crippen LogP contribution in [0.25, 0.3) is 0 Å². The second-order valence-corrected chi connectivity index (χ2v) is 5.07. The number of carbonyl (C=O) groups excluding carboxylic acids is 2. The van der Waals surface area contributed by atoms with Gasteiger partial charge in [0, 0.05) is 30.3 Å². The van der Waals surface area contributed by atoms with E-state index >= 15 is 0 Å². The van der Waals surface area contributed by atoms with Crippen LogP contribution in [0.1, 0.15) is 37.6 Å². The van der Waals surface area contributed by atoms with Crippen molar-refractivity contribution >= 4 is 17.5 Å². The first kappa shape index (κ1) is 15.2. The Hall–Kier alpha value is -1.88. The highest BCUT2D eigenvalue weighted by Gasteiger charge is 2.20. The minimum Gasteiger partial charge on any atom is -0.396 e. The van der Waals surface area contributed by atoms with Gasteiger partial charge in [-0.3, -0.25) is 9.59 Å². The molecule has 5 heteroatoms. The molecule has 0 heterocycles. The second kappa shape index (κ2) is 6.33. The zero-order valence-electron chi connectivity index (χ0n) is 11.5. The van der Waals surface area contributed by atoms with Crippen LogP contribution in [0.5, 0.6) is 0 Å². The van der Waals surface area contributed by atoms with Crippen molar-refractivity contribution in [3.63, 3.8) is 0 Å². The van der Waals surface area contributed by atoms with Gasteiger partial charge in [0.05, 0.1) is 0 Å². The minimum atomic E-state index is -0.456. The van der Waals surface area contributed by atoms with Crippen molar-refractivity contribution in [2.75, 3.05) is 11.9 Å². The van der Waals surface area contributed by atoms with Gasteiger partial charge in [0.1, 0.15) is 0 Å². The van der Waals surface area contributed by atoms with Gasteiger partial charge in [0.25, 0.3) is 5.91 Å². The van der Waals surface area contributed by atoms with Gasteiger partial charge in [0.15, 0.2) is 0 Å². The maximum Gasteiger partial charge on any atom is 0.251 e. The number of rotatable bonds is 5. The number of aliphatic hydroxyl groups excluding tert-OH is 1. The lowest BCUT2D eigenvalue weighted by atomic mass is 10.0. The molecule has 19 heavy (non-hydrogen) atoms. The molecule has 104 valence electrons. The molecule has 0 aromatic heterocycles. The summed E-state index contributed by atoms with van der Waals surface area (Å²) in [5.41, 5.74) is 0.709.